The molecule has 0 radical (unpaired) electrons. The molecule has 0 unspecified atom stereocenters. The van der Waals surface area contributed by atoms with E-state index in [2.05, 4.69) is 30.5 Å². The Bertz CT molecular complexity index is 1230. The quantitative estimate of drug-likeness (QED) is 0.497. The highest BCUT2D eigenvalue weighted by Gasteiger charge is 2.16. The third kappa shape index (κ3) is 2.21. The molecule has 5 aromatic rings. The Hall–Kier alpha value is -3.75. The van der Waals surface area contributed by atoms with E-state index in [-0.39, 0.29) is 12.4 Å². The van der Waals surface area contributed by atoms with Gasteiger partial charge in [0, 0.05) is 23.5 Å². The van der Waals surface area contributed by atoms with E-state index in [0.717, 1.165) is 5.56 Å². The summed E-state index contributed by atoms with van der Waals surface area (Å²) in [4.78, 5) is 8.44. The number of benzene rings is 1. The Labute approximate surface area is 146 Å². The maximum Gasteiger partial charge on any atom is 0.194 e. The molecule has 0 fully saturated rings. The van der Waals surface area contributed by atoms with E-state index in [4.69, 9.17) is 0 Å². The summed E-state index contributed by atoms with van der Waals surface area (Å²) >= 11 is 0. The molecule has 126 valence electrons. The minimum atomic E-state index is -0.292. The molecule has 4 aromatic heterocycles. The van der Waals surface area contributed by atoms with Crippen LogP contribution in [0, 0.1) is 5.82 Å². The zero-order valence-corrected chi connectivity index (χ0v) is 13.4. The number of fused-ring (bicyclic) bond motifs is 3. The largest absolute Gasteiger partial charge is 0.265 e. The molecule has 5 rings (SSSR count). The van der Waals surface area contributed by atoms with Crippen molar-refractivity contribution in [2.45, 2.75) is 6.54 Å². The normalized spacial score (nSPS) is 11.4. The van der Waals surface area contributed by atoms with Crippen molar-refractivity contribution in [3.8, 4) is 11.4 Å². The summed E-state index contributed by atoms with van der Waals surface area (Å²) in [5.74, 6) is 0.347. The van der Waals surface area contributed by atoms with Crippen molar-refractivity contribution in [2.24, 2.45) is 0 Å². The van der Waals surface area contributed by atoms with E-state index in [9.17, 15) is 4.39 Å². The van der Waals surface area contributed by atoms with Crippen molar-refractivity contribution in [3.05, 3.63) is 66.5 Å². The number of hydrogen-bond acceptors (Lipinski definition) is 6. The molecule has 26 heavy (non-hydrogen) atoms. The first-order valence-electron chi connectivity index (χ1n) is 7.88. The van der Waals surface area contributed by atoms with Crippen LogP contribution in [0.15, 0.2) is 55.1 Å². The Morgan fingerprint density at radius 1 is 0.923 bits per heavy atom. The highest BCUT2D eigenvalue weighted by Crippen LogP contribution is 2.21. The van der Waals surface area contributed by atoms with Crippen molar-refractivity contribution >= 4 is 16.8 Å². The number of hydrogen-bond donors (Lipinski definition) is 0. The van der Waals surface area contributed by atoms with E-state index in [1.54, 1.807) is 46.0 Å². The first-order chi connectivity index (χ1) is 12.8. The standard InChI is InChI=1S/C17H11FN8/c18-13-4-2-1-3-12(13)9-26-16-14(21-24-26)17-23-22-15(25(17)10-20-16)11-5-7-19-8-6-11/h1-8,10H,9H2. The van der Waals surface area contributed by atoms with Crippen LogP contribution < -0.4 is 0 Å². The zero-order valence-electron chi connectivity index (χ0n) is 13.4. The van der Waals surface area contributed by atoms with Crippen LogP contribution >= 0.6 is 0 Å². The third-order valence-electron chi connectivity index (χ3n) is 4.13. The van der Waals surface area contributed by atoms with Gasteiger partial charge >= 0.3 is 0 Å². The maximum atomic E-state index is 13.9. The number of rotatable bonds is 3. The lowest BCUT2D eigenvalue weighted by Gasteiger charge is -2.03. The summed E-state index contributed by atoms with van der Waals surface area (Å²) in [6.07, 6.45) is 4.99. The maximum absolute atomic E-state index is 13.9. The van der Waals surface area contributed by atoms with E-state index < -0.39 is 0 Å². The number of pyridine rings is 1. The van der Waals surface area contributed by atoms with Gasteiger partial charge in [0.05, 0.1) is 6.54 Å². The summed E-state index contributed by atoms with van der Waals surface area (Å²) in [6, 6.07) is 10.2. The van der Waals surface area contributed by atoms with Gasteiger partial charge in [-0.05, 0) is 18.2 Å². The van der Waals surface area contributed by atoms with E-state index in [1.165, 1.54) is 6.07 Å². The van der Waals surface area contributed by atoms with Gasteiger partial charge in [-0.3, -0.25) is 9.38 Å². The van der Waals surface area contributed by atoms with Crippen LogP contribution in [0.3, 0.4) is 0 Å². The van der Waals surface area contributed by atoms with Crippen LogP contribution in [0.5, 0.6) is 0 Å². The Morgan fingerprint density at radius 3 is 2.62 bits per heavy atom. The fraction of sp³-hybridized carbons (Fsp3) is 0.0588. The van der Waals surface area contributed by atoms with Crippen molar-refractivity contribution in [3.63, 3.8) is 0 Å². The zero-order chi connectivity index (χ0) is 17.5. The summed E-state index contributed by atoms with van der Waals surface area (Å²) in [5, 5.41) is 16.7. The summed E-state index contributed by atoms with van der Waals surface area (Å²) in [5.41, 5.74) is 2.96. The predicted octanol–water partition coefficient (Wildman–Crippen LogP) is 2.12. The summed E-state index contributed by atoms with van der Waals surface area (Å²) in [7, 11) is 0. The fourth-order valence-corrected chi connectivity index (χ4v) is 2.85. The first kappa shape index (κ1) is 14.6. The minimum absolute atomic E-state index is 0.234. The minimum Gasteiger partial charge on any atom is -0.265 e. The van der Waals surface area contributed by atoms with Gasteiger partial charge < -0.3 is 0 Å². The molecule has 0 amide bonds. The highest BCUT2D eigenvalue weighted by atomic mass is 19.1. The Kier molecular flexibility index (Phi) is 3.17. The van der Waals surface area contributed by atoms with Crippen molar-refractivity contribution < 1.29 is 4.39 Å². The fourth-order valence-electron chi connectivity index (χ4n) is 2.85. The highest BCUT2D eigenvalue weighted by molar-refractivity contribution is 5.85. The topological polar surface area (TPSA) is 86.7 Å². The van der Waals surface area contributed by atoms with Gasteiger partial charge in [-0.1, -0.05) is 23.4 Å². The Morgan fingerprint density at radius 2 is 1.77 bits per heavy atom. The van der Waals surface area contributed by atoms with Crippen LogP contribution in [0.2, 0.25) is 0 Å². The number of halogens is 1. The van der Waals surface area contributed by atoms with Gasteiger partial charge in [-0.15, -0.1) is 15.3 Å². The lowest BCUT2D eigenvalue weighted by molar-refractivity contribution is 0.582. The molecular weight excluding hydrogens is 335 g/mol. The molecular formula is C17H11FN8. The molecule has 0 spiro atoms. The molecule has 0 bridgehead atoms. The second kappa shape index (κ2) is 5.66. The molecule has 0 aliphatic carbocycles. The lowest BCUT2D eigenvalue weighted by Crippen LogP contribution is -2.05. The molecule has 4 heterocycles. The van der Waals surface area contributed by atoms with Crippen LogP contribution in [-0.2, 0) is 6.54 Å². The van der Waals surface area contributed by atoms with Gasteiger partial charge in [-0.2, -0.15) is 0 Å². The number of aromatic nitrogens is 8. The van der Waals surface area contributed by atoms with Gasteiger partial charge in [0.1, 0.15) is 12.1 Å². The SMILES string of the molecule is Fc1ccccc1Cn1nnc2c1ncn1c(-c3ccncc3)nnc21. The molecule has 1 aromatic carbocycles. The third-order valence-corrected chi connectivity index (χ3v) is 4.13. The first-order valence-corrected chi connectivity index (χ1v) is 7.88. The second-order valence-electron chi connectivity index (χ2n) is 5.71. The van der Waals surface area contributed by atoms with Crippen LogP contribution in [0.25, 0.3) is 28.2 Å². The van der Waals surface area contributed by atoms with Gasteiger partial charge in [0.25, 0.3) is 0 Å². The summed E-state index contributed by atoms with van der Waals surface area (Å²) < 4.78 is 17.2. The van der Waals surface area contributed by atoms with E-state index in [1.807, 2.05) is 12.1 Å². The molecule has 8 nitrogen and oxygen atoms in total. The van der Waals surface area contributed by atoms with Crippen molar-refractivity contribution in [1.82, 2.24) is 39.6 Å². The van der Waals surface area contributed by atoms with E-state index >= 15 is 0 Å². The smallest absolute Gasteiger partial charge is 0.194 e. The summed E-state index contributed by atoms with van der Waals surface area (Å²) in [6.45, 7) is 0.234. The predicted molar refractivity (Wildman–Crippen MR) is 90.6 cm³/mol. The molecule has 0 atom stereocenters. The van der Waals surface area contributed by atoms with Crippen molar-refractivity contribution in [1.29, 1.82) is 0 Å². The average molecular weight is 346 g/mol. The number of nitrogens with zero attached hydrogens (tertiary/aromatic N) is 8. The van der Waals surface area contributed by atoms with Crippen molar-refractivity contribution in [2.75, 3.05) is 0 Å². The van der Waals surface area contributed by atoms with E-state index in [0.29, 0.717) is 28.2 Å². The molecule has 0 saturated carbocycles. The van der Waals surface area contributed by atoms with Crippen LogP contribution in [0.4, 0.5) is 4.39 Å². The second-order valence-corrected chi connectivity index (χ2v) is 5.71. The van der Waals surface area contributed by atoms with Gasteiger partial charge in [0.15, 0.2) is 22.6 Å². The molecule has 0 aliphatic rings. The molecule has 0 aliphatic heterocycles. The van der Waals surface area contributed by atoms with Gasteiger partial charge in [-0.25, -0.2) is 14.1 Å². The average Bonchev–Trinajstić information content (AvgIpc) is 3.28. The van der Waals surface area contributed by atoms with Crippen LogP contribution in [-0.4, -0.2) is 39.6 Å². The Balaban J connectivity index is 1.63. The van der Waals surface area contributed by atoms with Gasteiger partial charge in [0.2, 0.25) is 0 Å². The van der Waals surface area contributed by atoms with Crippen LogP contribution in [0.1, 0.15) is 5.56 Å². The lowest BCUT2D eigenvalue weighted by atomic mass is 10.2. The molecule has 9 heteroatoms. The molecule has 0 saturated heterocycles. The monoisotopic (exact) mass is 346 g/mol. The molecule has 0 N–H and O–H groups in total.